The first kappa shape index (κ1) is 450. The predicted molar refractivity (Wildman–Crippen MR) is 21.7 cm³/mol. The van der Waals surface area contributed by atoms with Gasteiger partial charge < -0.3 is 70.1 Å². The molecule has 0 heterocycles. The van der Waals surface area contributed by atoms with Crippen LogP contribution in [0, 0.1) is 0 Å². The molecule has 0 spiro atoms. The summed E-state index contributed by atoms with van der Waals surface area (Å²) in [4.78, 5) is 0. The standard InChI is InChI=1S/3ClH.6H2O.Y/h3*1H;6*1H2;/q;;;;;;;;;+3/p-3. The average molecular weight is 303 g/mol. The molecule has 0 aliphatic rings. The third-order valence-corrected chi connectivity index (χ3v) is 0. The van der Waals surface area contributed by atoms with Crippen molar-refractivity contribution in [1.82, 2.24) is 0 Å². The maximum absolute atomic E-state index is 0. The number of rotatable bonds is 0. The smallest absolute Gasteiger partial charge is 1.00 e. The van der Waals surface area contributed by atoms with E-state index in [1.807, 2.05) is 0 Å². The van der Waals surface area contributed by atoms with E-state index in [2.05, 4.69) is 0 Å². The van der Waals surface area contributed by atoms with E-state index in [-0.39, 0.29) is 103 Å². The molecule has 0 unspecified atom stereocenters. The maximum atomic E-state index is 0. The van der Waals surface area contributed by atoms with Crippen LogP contribution in [0.2, 0.25) is 0 Å². The summed E-state index contributed by atoms with van der Waals surface area (Å²) in [6.07, 6.45) is 0. The van der Waals surface area contributed by atoms with E-state index < -0.39 is 0 Å². The first-order chi connectivity index (χ1) is 0. The molecule has 0 atom stereocenters. The predicted octanol–water partition coefficient (Wildman–Crippen LogP) is -13.9. The normalized spacial score (nSPS) is 0. The number of hydrogen-bond donors (Lipinski definition) is 0. The molecule has 0 fully saturated rings. The van der Waals surface area contributed by atoms with Crippen LogP contribution < -0.4 is 37.2 Å². The molecule has 0 saturated carbocycles. The fourth-order valence-corrected chi connectivity index (χ4v) is 0. The second-order valence-corrected chi connectivity index (χ2v) is 0. The number of halogens is 3. The van der Waals surface area contributed by atoms with Gasteiger partial charge in [0.05, 0.1) is 0 Å². The van der Waals surface area contributed by atoms with Crippen LogP contribution in [0.5, 0.6) is 0 Å². The maximum Gasteiger partial charge on any atom is 3.00 e. The Morgan fingerprint density at radius 3 is 0.300 bits per heavy atom. The van der Waals surface area contributed by atoms with Crippen molar-refractivity contribution in [2.75, 3.05) is 0 Å². The minimum atomic E-state index is 0. The van der Waals surface area contributed by atoms with Gasteiger partial charge in [-0.15, -0.1) is 0 Å². The van der Waals surface area contributed by atoms with Crippen LogP contribution in [-0.4, -0.2) is 32.9 Å². The zero-order valence-electron chi connectivity index (χ0n) is 4.71. The quantitative estimate of drug-likeness (QED) is 0.411. The van der Waals surface area contributed by atoms with Gasteiger partial charge in [-0.2, -0.15) is 0 Å². The molecule has 0 aromatic rings. The molecule has 72 valence electrons. The molecule has 0 rings (SSSR count). The third-order valence-electron chi connectivity index (χ3n) is 0. The van der Waals surface area contributed by atoms with Crippen molar-refractivity contribution in [1.29, 1.82) is 0 Å². The Morgan fingerprint density at radius 1 is 0.300 bits per heavy atom. The van der Waals surface area contributed by atoms with Gasteiger partial charge in [0.1, 0.15) is 0 Å². The van der Waals surface area contributed by atoms with Crippen LogP contribution in [0.15, 0.2) is 0 Å². The van der Waals surface area contributed by atoms with Gasteiger partial charge in [-0.3, -0.25) is 0 Å². The first-order valence-electron chi connectivity index (χ1n) is 0. The Labute approximate surface area is 102 Å². The fraction of sp³-hybridized carbons (Fsp3) is 0. The van der Waals surface area contributed by atoms with Crippen molar-refractivity contribution in [3.63, 3.8) is 0 Å². The summed E-state index contributed by atoms with van der Waals surface area (Å²) in [5.74, 6) is 0. The summed E-state index contributed by atoms with van der Waals surface area (Å²) in [5, 5.41) is 0. The second kappa shape index (κ2) is 338. The molecule has 0 aliphatic heterocycles. The second-order valence-electron chi connectivity index (χ2n) is 0. The third kappa shape index (κ3) is 247. The molecular formula is H12Cl3O6Y. The molecule has 10 heteroatoms. The van der Waals surface area contributed by atoms with Gasteiger partial charge in [-0.1, -0.05) is 0 Å². The molecule has 6 nitrogen and oxygen atoms in total. The van der Waals surface area contributed by atoms with Gasteiger partial charge in [0.25, 0.3) is 0 Å². The Hall–Kier alpha value is 1.73. The van der Waals surface area contributed by atoms with E-state index >= 15 is 0 Å². The van der Waals surface area contributed by atoms with E-state index in [4.69, 9.17) is 0 Å². The van der Waals surface area contributed by atoms with Gasteiger partial charge in [0, 0.05) is 0 Å². The zero-order chi connectivity index (χ0) is 0. The Kier molecular flexibility index (Phi) is 15200. The monoisotopic (exact) mass is 302 g/mol. The minimum absolute atomic E-state index is 0. The van der Waals surface area contributed by atoms with Crippen LogP contribution >= 0.6 is 0 Å². The van der Waals surface area contributed by atoms with Crippen LogP contribution in [0.3, 0.4) is 0 Å². The van der Waals surface area contributed by atoms with Crippen molar-refractivity contribution in [3.05, 3.63) is 0 Å². The summed E-state index contributed by atoms with van der Waals surface area (Å²) >= 11 is 0. The molecule has 0 saturated heterocycles. The van der Waals surface area contributed by atoms with Gasteiger partial charge in [0.2, 0.25) is 0 Å². The molecule has 0 aromatic carbocycles. The van der Waals surface area contributed by atoms with Crippen molar-refractivity contribution < 1.29 is 103 Å². The summed E-state index contributed by atoms with van der Waals surface area (Å²) < 4.78 is 0. The van der Waals surface area contributed by atoms with E-state index in [0.29, 0.717) is 0 Å². The van der Waals surface area contributed by atoms with Crippen molar-refractivity contribution in [2.24, 2.45) is 0 Å². The van der Waals surface area contributed by atoms with Gasteiger partial charge in [-0.25, -0.2) is 0 Å². The van der Waals surface area contributed by atoms with Crippen molar-refractivity contribution in [3.8, 4) is 0 Å². The van der Waals surface area contributed by atoms with E-state index in [0.717, 1.165) is 0 Å². The van der Waals surface area contributed by atoms with Crippen LogP contribution in [0.4, 0.5) is 0 Å². The van der Waals surface area contributed by atoms with Gasteiger partial charge in [-0.05, 0) is 0 Å². The molecule has 10 heavy (non-hydrogen) atoms. The molecule has 0 aliphatic carbocycles. The average Bonchev–Trinajstić information content (AvgIpc) is 0. The molecule has 0 aromatic heterocycles. The van der Waals surface area contributed by atoms with Gasteiger partial charge in [0.15, 0.2) is 0 Å². The Bertz CT molecular complexity index is 13.0. The van der Waals surface area contributed by atoms with Crippen LogP contribution in [-0.2, 0) is 32.7 Å². The SMILES string of the molecule is O.O.O.O.O.O.[Cl-].[Cl-].[Cl-].[Y+3]. The summed E-state index contributed by atoms with van der Waals surface area (Å²) in [7, 11) is 0. The largest absolute Gasteiger partial charge is 3.00 e. The topological polar surface area (TPSA) is 189 Å². The number of hydrogen-bond acceptors (Lipinski definition) is 0. The molecule has 12 N–H and O–H groups in total. The molecular weight excluding hydrogens is 291 g/mol. The first-order valence-corrected chi connectivity index (χ1v) is 0. The molecule has 0 amide bonds. The van der Waals surface area contributed by atoms with Crippen LogP contribution in [0.25, 0.3) is 0 Å². The Balaban J connectivity index is 0. The fourth-order valence-electron chi connectivity index (χ4n) is 0. The Morgan fingerprint density at radius 2 is 0.300 bits per heavy atom. The van der Waals surface area contributed by atoms with E-state index in [9.17, 15) is 0 Å². The molecule has 0 radical (unpaired) electrons. The summed E-state index contributed by atoms with van der Waals surface area (Å²) in [5.41, 5.74) is 0. The van der Waals surface area contributed by atoms with Crippen LogP contribution in [0.1, 0.15) is 0 Å². The van der Waals surface area contributed by atoms with Crippen molar-refractivity contribution >= 4 is 0 Å². The minimum Gasteiger partial charge on any atom is -1.00 e. The van der Waals surface area contributed by atoms with Crippen molar-refractivity contribution in [2.45, 2.75) is 0 Å². The van der Waals surface area contributed by atoms with Gasteiger partial charge >= 0.3 is 32.7 Å². The zero-order valence-corrected chi connectivity index (χ0v) is 9.82. The summed E-state index contributed by atoms with van der Waals surface area (Å²) in [6.45, 7) is 0. The van der Waals surface area contributed by atoms with E-state index in [1.165, 1.54) is 0 Å². The molecule has 0 bridgehead atoms. The summed E-state index contributed by atoms with van der Waals surface area (Å²) in [6, 6.07) is 0. The van der Waals surface area contributed by atoms with E-state index in [1.54, 1.807) is 0 Å².